The highest BCUT2D eigenvalue weighted by molar-refractivity contribution is 6.43. The van der Waals surface area contributed by atoms with Crippen LogP contribution in [0.25, 0.3) is 0 Å². The number of hydrogen-bond acceptors (Lipinski definition) is 2. The van der Waals surface area contributed by atoms with E-state index in [9.17, 15) is 4.39 Å². The molecule has 0 amide bonds. The molecule has 0 bridgehead atoms. The summed E-state index contributed by atoms with van der Waals surface area (Å²) in [5, 5.41) is 9.63. The van der Waals surface area contributed by atoms with Gasteiger partial charge < -0.3 is 4.74 Å². The summed E-state index contributed by atoms with van der Waals surface area (Å²) in [5.41, 5.74) is 0.220. The quantitative estimate of drug-likeness (QED) is 0.721. The zero-order chi connectivity index (χ0) is 14.7. The Morgan fingerprint density at radius 1 is 1.10 bits per heavy atom. The summed E-state index contributed by atoms with van der Waals surface area (Å²) < 4.78 is 19.3. The van der Waals surface area contributed by atoms with Gasteiger partial charge in [-0.3, -0.25) is 0 Å². The van der Waals surface area contributed by atoms with Crippen LogP contribution in [-0.2, 0) is 6.61 Å². The molecule has 0 aliphatic rings. The van der Waals surface area contributed by atoms with E-state index in [4.69, 9.17) is 44.8 Å². The lowest BCUT2D eigenvalue weighted by Crippen LogP contribution is -2.00. The highest BCUT2D eigenvalue weighted by Gasteiger charge is 2.11. The molecule has 0 unspecified atom stereocenters. The summed E-state index contributed by atoms with van der Waals surface area (Å²) in [6, 6.07) is 9.17. The molecule has 2 aromatic carbocycles. The molecule has 102 valence electrons. The normalized spacial score (nSPS) is 10.2. The second-order valence-electron chi connectivity index (χ2n) is 3.88. The Kier molecular flexibility index (Phi) is 4.72. The molecule has 0 aromatic heterocycles. The molecule has 2 rings (SSSR count). The minimum Gasteiger partial charge on any atom is -0.487 e. The summed E-state index contributed by atoms with van der Waals surface area (Å²) in [7, 11) is 0. The molecular weight excluding hydrogens is 324 g/mol. The molecule has 6 heteroatoms. The zero-order valence-corrected chi connectivity index (χ0v) is 12.2. The Bertz CT molecular complexity index is 698. The van der Waals surface area contributed by atoms with Crippen LogP contribution in [0.5, 0.6) is 5.75 Å². The Balaban J connectivity index is 2.22. The lowest BCUT2D eigenvalue weighted by Gasteiger charge is -2.10. The Morgan fingerprint density at radius 2 is 1.80 bits per heavy atom. The van der Waals surface area contributed by atoms with E-state index in [2.05, 4.69) is 0 Å². The molecule has 0 spiro atoms. The van der Waals surface area contributed by atoms with E-state index in [0.29, 0.717) is 10.8 Å². The van der Waals surface area contributed by atoms with Gasteiger partial charge >= 0.3 is 0 Å². The van der Waals surface area contributed by atoms with Crippen molar-refractivity contribution in [2.24, 2.45) is 0 Å². The van der Waals surface area contributed by atoms with E-state index >= 15 is 0 Å². The van der Waals surface area contributed by atoms with Crippen LogP contribution in [0.4, 0.5) is 4.39 Å². The molecular formula is C14H7Cl3FNO. The van der Waals surface area contributed by atoms with Gasteiger partial charge in [0.05, 0.1) is 20.6 Å². The van der Waals surface area contributed by atoms with Crippen LogP contribution < -0.4 is 4.74 Å². The molecule has 2 aromatic rings. The summed E-state index contributed by atoms with van der Waals surface area (Å²) in [5.74, 6) is -0.311. The molecule has 0 atom stereocenters. The largest absolute Gasteiger partial charge is 0.487 e. The number of rotatable bonds is 3. The molecule has 0 aliphatic carbocycles. The van der Waals surface area contributed by atoms with E-state index in [-0.39, 0.29) is 27.8 Å². The van der Waals surface area contributed by atoms with E-state index in [1.807, 2.05) is 0 Å². The fraction of sp³-hybridized carbons (Fsp3) is 0.0714. The maximum Gasteiger partial charge on any atom is 0.147 e. The van der Waals surface area contributed by atoms with E-state index < -0.39 is 5.82 Å². The average molecular weight is 331 g/mol. The van der Waals surface area contributed by atoms with Crippen molar-refractivity contribution in [3.8, 4) is 11.8 Å². The van der Waals surface area contributed by atoms with Gasteiger partial charge in [0, 0.05) is 11.6 Å². The summed E-state index contributed by atoms with van der Waals surface area (Å²) >= 11 is 17.6. The van der Waals surface area contributed by atoms with Gasteiger partial charge in [-0.1, -0.05) is 46.9 Å². The molecule has 0 fully saturated rings. The lowest BCUT2D eigenvalue weighted by atomic mass is 10.1. The fourth-order valence-corrected chi connectivity index (χ4v) is 2.14. The number of hydrogen-bond donors (Lipinski definition) is 0. The Labute approximate surface area is 130 Å². The molecule has 0 radical (unpaired) electrons. The second kappa shape index (κ2) is 6.32. The minimum absolute atomic E-state index is 0.0358. The number of halogens is 4. The standard InChI is InChI=1S/C14H7Cl3FNO/c15-10-4-12(17)13(5-11(10)16)20-7-9-3-1-2-8(6-19)14(9)18/h1-5H,7H2. The van der Waals surface area contributed by atoms with Gasteiger partial charge in [-0.15, -0.1) is 0 Å². The first-order valence-electron chi connectivity index (χ1n) is 5.47. The molecule has 0 saturated carbocycles. The monoisotopic (exact) mass is 329 g/mol. The zero-order valence-electron chi connectivity index (χ0n) is 9.96. The molecule has 20 heavy (non-hydrogen) atoms. The average Bonchev–Trinajstić information content (AvgIpc) is 2.43. The maximum atomic E-state index is 13.8. The van der Waals surface area contributed by atoms with Crippen LogP contribution in [0, 0.1) is 17.1 Å². The third-order valence-corrected chi connectivity index (χ3v) is 3.57. The highest BCUT2D eigenvalue weighted by atomic mass is 35.5. The van der Waals surface area contributed by atoms with Crippen molar-refractivity contribution in [1.29, 1.82) is 5.26 Å². The fourth-order valence-electron chi connectivity index (χ4n) is 1.55. The predicted octanol–water partition coefficient (Wildman–Crippen LogP) is 5.24. The van der Waals surface area contributed by atoms with E-state index in [1.165, 1.54) is 24.3 Å². The molecule has 2 nitrogen and oxygen atoms in total. The molecule has 0 aliphatic heterocycles. The Morgan fingerprint density at radius 3 is 2.50 bits per heavy atom. The summed E-state index contributed by atoms with van der Waals surface area (Å²) in [4.78, 5) is 0. The first kappa shape index (κ1) is 14.9. The molecule has 0 heterocycles. The van der Waals surface area contributed by atoms with Crippen LogP contribution in [0.15, 0.2) is 30.3 Å². The first-order chi connectivity index (χ1) is 9.52. The van der Waals surface area contributed by atoms with Gasteiger partial charge in [0.15, 0.2) is 0 Å². The van der Waals surface area contributed by atoms with Gasteiger partial charge in [0.1, 0.15) is 24.2 Å². The highest BCUT2D eigenvalue weighted by Crippen LogP contribution is 2.34. The minimum atomic E-state index is -0.605. The molecule has 0 N–H and O–H groups in total. The molecule has 0 saturated heterocycles. The summed E-state index contributed by atoms with van der Waals surface area (Å²) in [6.45, 7) is -0.0704. The maximum absolute atomic E-state index is 13.8. The SMILES string of the molecule is N#Cc1cccc(COc2cc(Cl)c(Cl)cc2Cl)c1F. The van der Waals surface area contributed by atoms with Crippen LogP contribution in [0.2, 0.25) is 15.1 Å². The van der Waals surface area contributed by atoms with Gasteiger partial charge in [-0.25, -0.2) is 4.39 Å². The van der Waals surface area contributed by atoms with Crippen LogP contribution in [0.1, 0.15) is 11.1 Å². The van der Waals surface area contributed by atoms with Gasteiger partial charge in [-0.05, 0) is 12.1 Å². The third kappa shape index (κ3) is 3.16. The van der Waals surface area contributed by atoms with Crippen LogP contribution in [0.3, 0.4) is 0 Å². The number of nitriles is 1. The number of ether oxygens (including phenoxy) is 1. The first-order valence-corrected chi connectivity index (χ1v) is 6.61. The van der Waals surface area contributed by atoms with Gasteiger partial charge in [0.25, 0.3) is 0 Å². The number of nitrogens with zero attached hydrogens (tertiary/aromatic N) is 1. The van der Waals surface area contributed by atoms with E-state index in [0.717, 1.165) is 0 Å². The Hall–Kier alpha value is -1.47. The van der Waals surface area contributed by atoms with Crippen LogP contribution in [-0.4, -0.2) is 0 Å². The van der Waals surface area contributed by atoms with Crippen molar-refractivity contribution in [2.45, 2.75) is 6.61 Å². The van der Waals surface area contributed by atoms with Crippen molar-refractivity contribution in [1.82, 2.24) is 0 Å². The van der Waals surface area contributed by atoms with Crippen LogP contribution >= 0.6 is 34.8 Å². The van der Waals surface area contributed by atoms with Gasteiger partial charge in [-0.2, -0.15) is 5.26 Å². The van der Waals surface area contributed by atoms with Crippen molar-refractivity contribution in [2.75, 3.05) is 0 Å². The topological polar surface area (TPSA) is 33.0 Å². The van der Waals surface area contributed by atoms with Gasteiger partial charge in [0.2, 0.25) is 0 Å². The van der Waals surface area contributed by atoms with Crippen molar-refractivity contribution >= 4 is 34.8 Å². The third-order valence-electron chi connectivity index (χ3n) is 2.56. The second-order valence-corrected chi connectivity index (χ2v) is 5.10. The van der Waals surface area contributed by atoms with Crippen molar-refractivity contribution in [3.63, 3.8) is 0 Å². The van der Waals surface area contributed by atoms with Crippen molar-refractivity contribution < 1.29 is 9.13 Å². The summed E-state index contributed by atoms with van der Waals surface area (Å²) in [6.07, 6.45) is 0. The predicted molar refractivity (Wildman–Crippen MR) is 76.9 cm³/mol. The number of benzene rings is 2. The smallest absolute Gasteiger partial charge is 0.147 e. The van der Waals surface area contributed by atoms with Crippen molar-refractivity contribution in [3.05, 3.63) is 62.3 Å². The van der Waals surface area contributed by atoms with E-state index in [1.54, 1.807) is 12.1 Å². The lowest BCUT2D eigenvalue weighted by molar-refractivity contribution is 0.300.